The Kier molecular flexibility index (Phi) is 4.89. The van der Waals surface area contributed by atoms with Crippen LogP contribution in [0.3, 0.4) is 0 Å². The van der Waals surface area contributed by atoms with Gasteiger partial charge in [-0.15, -0.1) is 5.10 Å². The second-order valence-corrected chi connectivity index (χ2v) is 7.71. The summed E-state index contributed by atoms with van der Waals surface area (Å²) in [7, 11) is 0. The number of nitrogens with zero attached hydrogens (tertiary/aromatic N) is 4. The molecule has 0 bridgehead atoms. The van der Waals surface area contributed by atoms with Gasteiger partial charge in [0.25, 0.3) is 11.5 Å². The summed E-state index contributed by atoms with van der Waals surface area (Å²) in [4.78, 5) is 32.1. The average molecular weight is 383 g/mol. The monoisotopic (exact) mass is 383 g/mol. The number of nitrogens with one attached hydrogen (secondary N) is 1. The molecule has 1 aromatic carbocycles. The maximum absolute atomic E-state index is 12.7. The number of carbonyl (C=O) groups is 1. The Balaban J connectivity index is 1.54. The summed E-state index contributed by atoms with van der Waals surface area (Å²) >= 11 is 1.38. The van der Waals surface area contributed by atoms with Crippen LogP contribution in [0.2, 0.25) is 0 Å². The molecule has 8 heteroatoms. The Hall–Kier alpha value is -2.74. The molecule has 0 radical (unpaired) electrons. The SMILES string of the molecule is Cc1ccc(CNC(=O)c2cnc3sc(N4CCCCC4)nn3c2=O)cc1. The van der Waals surface area contributed by atoms with Crippen LogP contribution in [-0.4, -0.2) is 33.6 Å². The van der Waals surface area contributed by atoms with Crippen LogP contribution in [0.15, 0.2) is 35.3 Å². The zero-order valence-electron chi connectivity index (χ0n) is 15.1. The summed E-state index contributed by atoms with van der Waals surface area (Å²) in [6, 6.07) is 7.88. The molecule has 0 atom stereocenters. The predicted octanol–water partition coefficient (Wildman–Crippen LogP) is 2.38. The zero-order chi connectivity index (χ0) is 18.8. The summed E-state index contributed by atoms with van der Waals surface area (Å²) in [5.41, 5.74) is 1.71. The van der Waals surface area contributed by atoms with E-state index in [0.29, 0.717) is 11.5 Å². The summed E-state index contributed by atoms with van der Waals surface area (Å²) in [5.74, 6) is -0.435. The van der Waals surface area contributed by atoms with Crippen molar-refractivity contribution in [2.75, 3.05) is 18.0 Å². The highest BCUT2D eigenvalue weighted by atomic mass is 32.1. The lowest BCUT2D eigenvalue weighted by Gasteiger charge is -2.25. The van der Waals surface area contributed by atoms with Crippen LogP contribution in [0.25, 0.3) is 4.96 Å². The lowest BCUT2D eigenvalue weighted by molar-refractivity contribution is 0.0948. The van der Waals surface area contributed by atoms with E-state index in [9.17, 15) is 9.59 Å². The summed E-state index contributed by atoms with van der Waals surface area (Å²) in [5, 5.41) is 7.98. The van der Waals surface area contributed by atoms with Crippen molar-refractivity contribution in [1.82, 2.24) is 19.9 Å². The Morgan fingerprint density at radius 1 is 1.19 bits per heavy atom. The van der Waals surface area contributed by atoms with Crippen molar-refractivity contribution in [2.24, 2.45) is 0 Å². The van der Waals surface area contributed by atoms with E-state index in [1.807, 2.05) is 31.2 Å². The summed E-state index contributed by atoms with van der Waals surface area (Å²) < 4.78 is 1.25. The summed E-state index contributed by atoms with van der Waals surface area (Å²) in [6.07, 6.45) is 4.83. The van der Waals surface area contributed by atoms with E-state index < -0.39 is 11.5 Å². The van der Waals surface area contributed by atoms with Gasteiger partial charge in [-0.25, -0.2) is 4.98 Å². The lowest BCUT2D eigenvalue weighted by Crippen LogP contribution is -2.32. The van der Waals surface area contributed by atoms with Gasteiger partial charge in [-0.3, -0.25) is 9.59 Å². The van der Waals surface area contributed by atoms with Crippen molar-refractivity contribution in [2.45, 2.75) is 32.7 Å². The van der Waals surface area contributed by atoms with Crippen LogP contribution in [0, 0.1) is 6.92 Å². The van der Waals surface area contributed by atoms with Gasteiger partial charge in [0.05, 0.1) is 0 Å². The smallest absolute Gasteiger partial charge is 0.288 e. The van der Waals surface area contributed by atoms with Gasteiger partial charge in [0.2, 0.25) is 10.1 Å². The minimum Gasteiger partial charge on any atom is -0.348 e. The van der Waals surface area contributed by atoms with Crippen molar-refractivity contribution in [3.63, 3.8) is 0 Å². The molecule has 27 heavy (non-hydrogen) atoms. The molecule has 1 saturated heterocycles. The van der Waals surface area contributed by atoms with Gasteiger partial charge >= 0.3 is 0 Å². The molecule has 140 valence electrons. The first-order chi connectivity index (χ1) is 13.1. The quantitative estimate of drug-likeness (QED) is 0.748. The van der Waals surface area contributed by atoms with E-state index in [0.717, 1.165) is 42.2 Å². The van der Waals surface area contributed by atoms with E-state index >= 15 is 0 Å². The highest BCUT2D eigenvalue weighted by Crippen LogP contribution is 2.24. The Morgan fingerprint density at radius 3 is 2.67 bits per heavy atom. The van der Waals surface area contributed by atoms with E-state index in [1.165, 1.54) is 28.5 Å². The molecular formula is C19H21N5O2S. The van der Waals surface area contributed by atoms with Gasteiger partial charge in [0, 0.05) is 25.8 Å². The fourth-order valence-corrected chi connectivity index (χ4v) is 4.04. The van der Waals surface area contributed by atoms with E-state index in [1.54, 1.807) is 0 Å². The molecule has 4 rings (SSSR count). The molecule has 0 aliphatic carbocycles. The van der Waals surface area contributed by atoms with Crippen molar-refractivity contribution in [3.05, 3.63) is 57.5 Å². The first-order valence-corrected chi connectivity index (χ1v) is 9.91. The molecular weight excluding hydrogens is 362 g/mol. The maximum atomic E-state index is 12.7. The maximum Gasteiger partial charge on any atom is 0.288 e. The third-order valence-electron chi connectivity index (χ3n) is 4.72. The van der Waals surface area contributed by atoms with Crippen LogP contribution in [0.5, 0.6) is 0 Å². The standard InChI is InChI=1S/C19H21N5O2S/c1-13-5-7-14(8-6-13)11-20-16(25)15-12-21-18-24(17(15)26)22-19(27-18)23-9-3-2-4-10-23/h5-8,12H,2-4,9-11H2,1H3,(H,20,25). The number of piperidine rings is 1. The van der Waals surface area contributed by atoms with Crippen molar-refractivity contribution in [1.29, 1.82) is 0 Å². The van der Waals surface area contributed by atoms with Crippen LogP contribution in [0.4, 0.5) is 5.13 Å². The molecule has 1 N–H and O–H groups in total. The number of hydrogen-bond donors (Lipinski definition) is 1. The first-order valence-electron chi connectivity index (χ1n) is 9.09. The molecule has 1 aliphatic heterocycles. The van der Waals surface area contributed by atoms with Crippen molar-refractivity contribution >= 4 is 27.3 Å². The van der Waals surface area contributed by atoms with Crippen molar-refractivity contribution in [3.8, 4) is 0 Å². The van der Waals surface area contributed by atoms with Crippen LogP contribution < -0.4 is 15.8 Å². The highest BCUT2D eigenvalue weighted by molar-refractivity contribution is 7.20. The van der Waals surface area contributed by atoms with E-state index in [-0.39, 0.29) is 5.56 Å². The highest BCUT2D eigenvalue weighted by Gasteiger charge is 2.19. The lowest BCUT2D eigenvalue weighted by atomic mass is 10.1. The van der Waals surface area contributed by atoms with Crippen LogP contribution in [0.1, 0.15) is 40.7 Å². The molecule has 2 aromatic heterocycles. The number of aromatic nitrogens is 3. The second-order valence-electron chi connectivity index (χ2n) is 6.77. The molecule has 0 saturated carbocycles. The Bertz CT molecular complexity index is 1020. The number of fused-ring (bicyclic) bond motifs is 1. The van der Waals surface area contributed by atoms with E-state index in [4.69, 9.17) is 0 Å². The number of aryl methyl sites for hydroxylation is 1. The number of amides is 1. The average Bonchev–Trinajstić information content (AvgIpc) is 3.14. The van der Waals surface area contributed by atoms with Gasteiger partial charge in [-0.05, 0) is 31.7 Å². The number of hydrogen-bond acceptors (Lipinski definition) is 6. The third kappa shape index (κ3) is 3.71. The number of rotatable bonds is 4. The van der Waals surface area contributed by atoms with Gasteiger partial charge in [-0.2, -0.15) is 4.52 Å². The molecule has 0 unspecified atom stereocenters. The van der Waals surface area contributed by atoms with Gasteiger partial charge in [0.1, 0.15) is 5.56 Å². The fraction of sp³-hybridized carbons (Fsp3) is 0.368. The van der Waals surface area contributed by atoms with Gasteiger partial charge in [-0.1, -0.05) is 41.2 Å². The number of benzene rings is 1. The Morgan fingerprint density at radius 2 is 1.93 bits per heavy atom. The van der Waals surface area contributed by atoms with Crippen molar-refractivity contribution < 1.29 is 4.79 Å². The minimum absolute atomic E-state index is 0.00936. The van der Waals surface area contributed by atoms with Gasteiger partial charge < -0.3 is 10.2 Å². The molecule has 7 nitrogen and oxygen atoms in total. The van der Waals surface area contributed by atoms with Crippen LogP contribution >= 0.6 is 11.3 Å². The molecule has 1 amide bonds. The second kappa shape index (κ2) is 7.48. The molecule has 3 aromatic rings. The predicted molar refractivity (Wildman–Crippen MR) is 106 cm³/mol. The fourth-order valence-electron chi connectivity index (χ4n) is 3.13. The van der Waals surface area contributed by atoms with Gasteiger partial charge in [0.15, 0.2) is 0 Å². The normalized spacial score (nSPS) is 14.5. The Labute approximate surface area is 160 Å². The zero-order valence-corrected chi connectivity index (χ0v) is 16.0. The number of anilines is 1. The topological polar surface area (TPSA) is 79.6 Å². The number of carbonyl (C=O) groups excluding carboxylic acids is 1. The minimum atomic E-state index is -0.435. The largest absolute Gasteiger partial charge is 0.348 e. The molecule has 1 aliphatic rings. The van der Waals surface area contributed by atoms with E-state index in [2.05, 4.69) is 20.3 Å². The van der Waals surface area contributed by atoms with Crippen LogP contribution in [-0.2, 0) is 6.54 Å². The first kappa shape index (κ1) is 17.7. The third-order valence-corrected chi connectivity index (χ3v) is 5.70. The molecule has 3 heterocycles. The molecule has 1 fully saturated rings. The summed E-state index contributed by atoms with van der Waals surface area (Å²) in [6.45, 7) is 4.25. The molecule has 0 spiro atoms.